The molecule has 1 aliphatic rings. The molecule has 1 amide bonds. The van der Waals surface area contributed by atoms with Crippen LogP contribution in [0.2, 0.25) is 0 Å². The maximum absolute atomic E-state index is 12.6. The Morgan fingerprint density at radius 1 is 1.10 bits per heavy atom. The lowest BCUT2D eigenvalue weighted by molar-refractivity contribution is -0.133. The molecule has 1 aromatic carbocycles. The number of hydrogen-bond donors (Lipinski definition) is 0. The largest absolute Gasteiger partial charge is 0.493 e. The number of benzene rings is 1. The van der Waals surface area contributed by atoms with E-state index in [9.17, 15) is 4.79 Å². The van der Waals surface area contributed by atoms with Crippen molar-refractivity contribution in [3.63, 3.8) is 0 Å². The second kappa shape index (κ2) is 7.94. The first-order valence-corrected chi connectivity index (χ1v) is 9.51. The molecular formula is C20H24N6O3. The number of carbonyl (C=O) groups excluding carboxylic acids is 1. The molecule has 3 aromatic rings. The maximum Gasteiger partial charge on any atom is 0.260 e. The number of methoxy groups -OCH3 is 1. The predicted octanol–water partition coefficient (Wildman–Crippen LogP) is 1.41. The molecule has 1 saturated heterocycles. The van der Waals surface area contributed by atoms with Crippen molar-refractivity contribution in [2.75, 3.05) is 44.8 Å². The molecular weight excluding hydrogens is 372 g/mol. The minimum atomic E-state index is -0.0419. The van der Waals surface area contributed by atoms with Crippen molar-refractivity contribution in [3.8, 4) is 11.5 Å². The summed E-state index contributed by atoms with van der Waals surface area (Å²) in [7, 11) is 3.48. The van der Waals surface area contributed by atoms with E-state index in [1.54, 1.807) is 25.6 Å². The number of hydrogen-bond acceptors (Lipinski definition) is 7. The molecule has 9 nitrogen and oxygen atoms in total. The van der Waals surface area contributed by atoms with E-state index in [0.717, 1.165) is 22.5 Å². The number of anilines is 1. The normalized spacial score (nSPS) is 14.3. The smallest absolute Gasteiger partial charge is 0.260 e. The number of ether oxygens (including phenoxy) is 2. The number of aromatic nitrogens is 4. The molecule has 0 atom stereocenters. The molecule has 0 radical (unpaired) electrons. The van der Waals surface area contributed by atoms with Crippen LogP contribution < -0.4 is 14.4 Å². The number of carbonyl (C=O) groups is 1. The topological polar surface area (TPSA) is 85.6 Å². The lowest BCUT2D eigenvalue weighted by atomic mass is 10.2. The van der Waals surface area contributed by atoms with Gasteiger partial charge in [0, 0.05) is 33.2 Å². The Morgan fingerprint density at radius 2 is 1.83 bits per heavy atom. The van der Waals surface area contributed by atoms with E-state index < -0.39 is 0 Å². The first kappa shape index (κ1) is 19.0. The summed E-state index contributed by atoms with van der Waals surface area (Å²) < 4.78 is 12.7. The molecule has 1 fully saturated rings. The fraction of sp³-hybridized carbons (Fsp3) is 0.400. The van der Waals surface area contributed by atoms with E-state index in [2.05, 4.69) is 20.0 Å². The maximum atomic E-state index is 12.6. The van der Waals surface area contributed by atoms with Crippen LogP contribution in [0.4, 0.5) is 5.82 Å². The summed E-state index contributed by atoms with van der Waals surface area (Å²) in [4.78, 5) is 25.4. The molecule has 29 heavy (non-hydrogen) atoms. The second-order valence-corrected chi connectivity index (χ2v) is 6.91. The fourth-order valence-electron chi connectivity index (χ4n) is 3.62. The highest BCUT2D eigenvalue weighted by Gasteiger charge is 2.25. The lowest BCUT2D eigenvalue weighted by Crippen LogP contribution is -2.50. The zero-order valence-electron chi connectivity index (χ0n) is 16.8. The van der Waals surface area contributed by atoms with E-state index in [-0.39, 0.29) is 12.5 Å². The standard InChI is InChI=1S/C20H24N6O3/c1-14-18-19(24(2)23-14)20(22-13-21-18)26-10-8-25(9-11-26)17(27)12-29-16-7-5-4-6-15(16)28-3/h4-7,13H,8-12H2,1-3H3. The van der Waals surface area contributed by atoms with E-state index in [0.29, 0.717) is 37.7 Å². The van der Waals surface area contributed by atoms with Gasteiger partial charge in [0.1, 0.15) is 17.4 Å². The van der Waals surface area contributed by atoms with Gasteiger partial charge in [-0.2, -0.15) is 5.10 Å². The highest BCUT2D eigenvalue weighted by molar-refractivity contribution is 5.88. The molecule has 0 unspecified atom stereocenters. The van der Waals surface area contributed by atoms with Crippen molar-refractivity contribution in [1.29, 1.82) is 0 Å². The molecule has 0 saturated carbocycles. The highest BCUT2D eigenvalue weighted by Crippen LogP contribution is 2.27. The summed E-state index contributed by atoms with van der Waals surface area (Å²) in [6, 6.07) is 7.31. The van der Waals surface area contributed by atoms with Crippen LogP contribution in [0, 0.1) is 6.92 Å². The van der Waals surface area contributed by atoms with Crippen molar-refractivity contribution in [2.24, 2.45) is 7.05 Å². The highest BCUT2D eigenvalue weighted by atomic mass is 16.5. The molecule has 9 heteroatoms. The third kappa shape index (κ3) is 3.67. The number of amides is 1. The molecule has 2 aromatic heterocycles. The van der Waals surface area contributed by atoms with E-state index in [1.807, 2.05) is 35.7 Å². The van der Waals surface area contributed by atoms with Crippen LogP contribution in [0.15, 0.2) is 30.6 Å². The van der Waals surface area contributed by atoms with Gasteiger partial charge in [-0.25, -0.2) is 9.97 Å². The van der Waals surface area contributed by atoms with Gasteiger partial charge in [0.05, 0.1) is 12.8 Å². The van der Waals surface area contributed by atoms with E-state index in [4.69, 9.17) is 9.47 Å². The summed E-state index contributed by atoms with van der Waals surface area (Å²) >= 11 is 0. The average molecular weight is 396 g/mol. The summed E-state index contributed by atoms with van der Waals surface area (Å²) in [6.45, 7) is 4.52. The van der Waals surface area contributed by atoms with Crippen LogP contribution in [0.3, 0.4) is 0 Å². The van der Waals surface area contributed by atoms with Gasteiger partial charge in [0.15, 0.2) is 23.9 Å². The number of nitrogens with zero attached hydrogens (tertiary/aromatic N) is 6. The third-order valence-electron chi connectivity index (χ3n) is 5.12. The summed E-state index contributed by atoms with van der Waals surface area (Å²) in [5.41, 5.74) is 2.67. The Morgan fingerprint density at radius 3 is 2.55 bits per heavy atom. The average Bonchev–Trinajstić information content (AvgIpc) is 3.06. The Labute approximate surface area is 168 Å². The van der Waals surface area contributed by atoms with Crippen LogP contribution in [0.5, 0.6) is 11.5 Å². The van der Waals surface area contributed by atoms with Gasteiger partial charge in [-0.3, -0.25) is 9.48 Å². The molecule has 152 valence electrons. The molecule has 0 spiro atoms. The Hall–Kier alpha value is -3.36. The fourth-order valence-corrected chi connectivity index (χ4v) is 3.62. The van der Waals surface area contributed by atoms with Crippen LogP contribution in [-0.4, -0.2) is 70.5 Å². The van der Waals surface area contributed by atoms with Gasteiger partial charge in [-0.1, -0.05) is 12.1 Å². The first-order valence-electron chi connectivity index (χ1n) is 9.51. The van der Waals surface area contributed by atoms with Crippen molar-refractivity contribution in [1.82, 2.24) is 24.6 Å². The summed E-state index contributed by atoms with van der Waals surface area (Å²) in [5, 5.41) is 4.45. The van der Waals surface area contributed by atoms with Gasteiger partial charge in [-0.15, -0.1) is 0 Å². The SMILES string of the molecule is COc1ccccc1OCC(=O)N1CCN(c2ncnc3c(C)nn(C)c23)CC1. The molecule has 3 heterocycles. The molecule has 0 bridgehead atoms. The van der Waals surface area contributed by atoms with Gasteiger partial charge in [0.2, 0.25) is 0 Å². The predicted molar refractivity (Wildman–Crippen MR) is 108 cm³/mol. The van der Waals surface area contributed by atoms with E-state index in [1.165, 1.54) is 0 Å². The van der Waals surface area contributed by atoms with Crippen molar-refractivity contribution < 1.29 is 14.3 Å². The Balaban J connectivity index is 1.39. The van der Waals surface area contributed by atoms with Gasteiger partial charge < -0.3 is 19.3 Å². The van der Waals surface area contributed by atoms with Gasteiger partial charge >= 0.3 is 0 Å². The summed E-state index contributed by atoms with van der Waals surface area (Å²) in [5.74, 6) is 2.00. The zero-order chi connectivity index (χ0) is 20.4. The lowest BCUT2D eigenvalue weighted by Gasteiger charge is -2.35. The van der Waals surface area contributed by atoms with Crippen LogP contribution in [-0.2, 0) is 11.8 Å². The van der Waals surface area contributed by atoms with Crippen LogP contribution >= 0.6 is 0 Å². The Bertz CT molecular complexity index is 1030. The molecule has 1 aliphatic heterocycles. The number of rotatable bonds is 5. The van der Waals surface area contributed by atoms with E-state index >= 15 is 0 Å². The van der Waals surface area contributed by atoms with Crippen molar-refractivity contribution in [3.05, 3.63) is 36.3 Å². The second-order valence-electron chi connectivity index (χ2n) is 6.91. The van der Waals surface area contributed by atoms with Crippen molar-refractivity contribution in [2.45, 2.75) is 6.92 Å². The number of aryl methyl sites for hydroxylation is 2. The quantitative estimate of drug-likeness (QED) is 0.644. The Kier molecular flexibility index (Phi) is 5.20. The number of para-hydroxylation sites is 2. The monoisotopic (exact) mass is 396 g/mol. The van der Waals surface area contributed by atoms with Crippen LogP contribution in [0.25, 0.3) is 11.0 Å². The molecule has 0 N–H and O–H groups in total. The minimum absolute atomic E-state index is 0.0148. The van der Waals surface area contributed by atoms with Gasteiger partial charge in [-0.05, 0) is 19.1 Å². The van der Waals surface area contributed by atoms with Gasteiger partial charge in [0.25, 0.3) is 5.91 Å². The number of fused-ring (bicyclic) bond motifs is 1. The molecule has 0 aliphatic carbocycles. The first-order chi connectivity index (χ1) is 14.1. The van der Waals surface area contributed by atoms with Crippen molar-refractivity contribution >= 4 is 22.8 Å². The van der Waals surface area contributed by atoms with Crippen LogP contribution in [0.1, 0.15) is 5.69 Å². The zero-order valence-corrected chi connectivity index (χ0v) is 16.8. The molecule has 4 rings (SSSR count). The number of piperazine rings is 1. The summed E-state index contributed by atoms with van der Waals surface area (Å²) in [6.07, 6.45) is 1.57. The third-order valence-corrected chi connectivity index (χ3v) is 5.12. The minimum Gasteiger partial charge on any atom is -0.493 e.